The third-order valence-corrected chi connectivity index (χ3v) is 4.44. The van der Waals surface area contributed by atoms with Gasteiger partial charge in [0.15, 0.2) is 5.78 Å². The first-order valence-electron chi connectivity index (χ1n) is 6.34. The lowest BCUT2D eigenvalue weighted by molar-refractivity contribution is 0.0966. The molecular weight excluding hydrogens is 266 g/mol. The number of hydrogen-bond acceptors (Lipinski definition) is 3. The van der Waals surface area contributed by atoms with Crippen molar-refractivity contribution in [3.05, 3.63) is 34.9 Å². The first-order valence-corrected chi connectivity index (χ1v) is 7.88. The highest BCUT2D eigenvalue weighted by atomic mass is 35.5. The van der Waals surface area contributed by atoms with Crippen LogP contribution in [0.4, 0.5) is 0 Å². The molecule has 1 heterocycles. The Bertz CT molecular complexity index is 385. The van der Waals surface area contributed by atoms with E-state index in [9.17, 15) is 4.79 Å². The van der Waals surface area contributed by atoms with Crippen LogP contribution in [0.25, 0.3) is 0 Å². The van der Waals surface area contributed by atoms with E-state index in [4.69, 9.17) is 11.6 Å². The summed E-state index contributed by atoms with van der Waals surface area (Å²) in [4.78, 5) is 14.4. The Hall–Kier alpha value is -0.510. The van der Waals surface area contributed by atoms with E-state index in [-0.39, 0.29) is 5.78 Å². The fourth-order valence-corrected chi connectivity index (χ4v) is 3.11. The average Bonchev–Trinajstić information content (AvgIpc) is 2.65. The predicted molar refractivity (Wildman–Crippen MR) is 78.8 cm³/mol. The molecule has 0 spiro atoms. The molecule has 1 aromatic carbocycles. The van der Waals surface area contributed by atoms with Crippen LogP contribution < -0.4 is 0 Å². The summed E-state index contributed by atoms with van der Waals surface area (Å²) in [5.74, 6) is 2.65. The van der Waals surface area contributed by atoms with Crippen molar-refractivity contribution >= 4 is 29.1 Å². The topological polar surface area (TPSA) is 20.3 Å². The molecule has 1 aromatic rings. The van der Waals surface area contributed by atoms with Crippen LogP contribution >= 0.6 is 23.4 Å². The first kappa shape index (κ1) is 13.9. The average molecular weight is 284 g/mol. The van der Waals surface area contributed by atoms with E-state index in [1.54, 1.807) is 12.1 Å². The number of ketones is 1. The van der Waals surface area contributed by atoms with Crippen molar-refractivity contribution in [3.63, 3.8) is 0 Å². The summed E-state index contributed by atoms with van der Waals surface area (Å²) in [5, 5.41) is 0.677. The Labute approximate surface area is 118 Å². The summed E-state index contributed by atoms with van der Waals surface area (Å²) in [6.07, 6.45) is 1.84. The Balaban J connectivity index is 1.82. The van der Waals surface area contributed by atoms with Gasteiger partial charge in [-0.3, -0.25) is 4.79 Å². The molecule has 0 saturated carbocycles. The van der Waals surface area contributed by atoms with E-state index in [2.05, 4.69) is 4.90 Å². The maximum absolute atomic E-state index is 12.0. The number of hydrogen-bond donors (Lipinski definition) is 0. The second-order valence-electron chi connectivity index (χ2n) is 4.49. The van der Waals surface area contributed by atoms with Gasteiger partial charge in [0, 0.05) is 35.8 Å². The second kappa shape index (κ2) is 7.17. The number of nitrogens with zero attached hydrogens (tertiary/aromatic N) is 1. The largest absolute Gasteiger partial charge is 0.302 e. The van der Waals surface area contributed by atoms with Crippen LogP contribution in [0.15, 0.2) is 24.3 Å². The van der Waals surface area contributed by atoms with Crippen molar-refractivity contribution in [1.82, 2.24) is 4.90 Å². The number of rotatable bonds is 4. The summed E-state index contributed by atoms with van der Waals surface area (Å²) in [6, 6.07) is 7.17. The quantitative estimate of drug-likeness (QED) is 0.791. The smallest absolute Gasteiger partial charge is 0.164 e. The zero-order chi connectivity index (χ0) is 12.8. The van der Waals surface area contributed by atoms with E-state index in [1.165, 1.54) is 17.9 Å². The molecule has 1 saturated heterocycles. The summed E-state index contributed by atoms with van der Waals surface area (Å²) < 4.78 is 0. The van der Waals surface area contributed by atoms with Gasteiger partial charge < -0.3 is 4.90 Å². The SMILES string of the molecule is O=C(CCN1CCCSCC1)c1ccc(Cl)cc1. The molecule has 0 unspecified atom stereocenters. The van der Waals surface area contributed by atoms with Crippen LogP contribution in [-0.2, 0) is 0 Å². The fraction of sp³-hybridized carbons (Fsp3) is 0.500. The van der Waals surface area contributed by atoms with Crippen LogP contribution in [-0.4, -0.2) is 41.8 Å². The van der Waals surface area contributed by atoms with Gasteiger partial charge in [-0.15, -0.1) is 0 Å². The lowest BCUT2D eigenvalue weighted by atomic mass is 10.1. The van der Waals surface area contributed by atoms with Crippen molar-refractivity contribution in [1.29, 1.82) is 0 Å². The molecule has 0 radical (unpaired) electrons. The molecule has 0 aromatic heterocycles. The number of benzene rings is 1. The van der Waals surface area contributed by atoms with Crippen LogP contribution in [0.1, 0.15) is 23.2 Å². The van der Waals surface area contributed by atoms with Gasteiger partial charge >= 0.3 is 0 Å². The van der Waals surface area contributed by atoms with Crippen LogP contribution in [0.2, 0.25) is 5.02 Å². The third kappa shape index (κ3) is 4.30. The highest BCUT2D eigenvalue weighted by Crippen LogP contribution is 2.13. The Kier molecular flexibility index (Phi) is 5.54. The number of Topliss-reactive ketones (excluding diaryl/α,β-unsaturated/α-hetero) is 1. The zero-order valence-corrected chi connectivity index (χ0v) is 12.0. The molecule has 2 rings (SSSR count). The van der Waals surface area contributed by atoms with Gasteiger partial charge in [-0.2, -0.15) is 11.8 Å². The number of carbonyl (C=O) groups excluding carboxylic acids is 1. The van der Waals surface area contributed by atoms with Crippen molar-refractivity contribution in [2.45, 2.75) is 12.8 Å². The summed E-state index contributed by atoms with van der Waals surface area (Å²) in [7, 11) is 0. The van der Waals surface area contributed by atoms with Gasteiger partial charge in [-0.1, -0.05) is 11.6 Å². The molecule has 4 heteroatoms. The van der Waals surface area contributed by atoms with E-state index < -0.39 is 0 Å². The molecule has 1 aliphatic heterocycles. The minimum atomic E-state index is 0.212. The van der Waals surface area contributed by atoms with Gasteiger partial charge in [0.2, 0.25) is 0 Å². The van der Waals surface area contributed by atoms with E-state index in [0.717, 1.165) is 25.2 Å². The number of carbonyl (C=O) groups is 1. The summed E-state index contributed by atoms with van der Waals surface area (Å²) >= 11 is 7.82. The van der Waals surface area contributed by atoms with Crippen LogP contribution in [0.5, 0.6) is 0 Å². The van der Waals surface area contributed by atoms with Crippen molar-refractivity contribution < 1.29 is 4.79 Å². The molecule has 0 N–H and O–H groups in total. The minimum absolute atomic E-state index is 0.212. The lowest BCUT2D eigenvalue weighted by Crippen LogP contribution is -2.28. The molecule has 2 nitrogen and oxygen atoms in total. The van der Waals surface area contributed by atoms with Crippen molar-refractivity contribution in [2.75, 3.05) is 31.1 Å². The highest BCUT2D eigenvalue weighted by Gasteiger charge is 2.12. The fourth-order valence-electron chi connectivity index (χ4n) is 2.06. The Morgan fingerprint density at radius 3 is 2.78 bits per heavy atom. The predicted octanol–water partition coefficient (Wildman–Crippen LogP) is 3.35. The Morgan fingerprint density at radius 2 is 2.00 bits per heavy atom. The molecular formula is C14H18ClNOS. The molecule has 0 amide bonds. The van der Waals surface area contributed by atoms with E-state index >= 15 is 0 Å². The van der Waals surface area contributed by atoms with Crippen LogP contribution in [0.3, 0.4) is 0 Å². The van der Waals surface area contributed by atoms with Gasteiger partial charge in [-0.25, -0.2) is 0 Å². The Morgan fingerprint density at radius 1 is 1.22 bits per heavy atom. The lowest BCUT2D eigenvalue weighted by Gasteiger charge is -2.18. The molecule has 18 heavy (non-hydrogen) atoms. The van der Waals surface area contributed by atoms with Gasteiger partial charge in [0.05, 0.1) is 0 Å². The first-order chi connectivity index (χ1) is 8.75. The highest BCUT2D eigenvalue weighted by molar-refractivity contribution is 7.99. The maximum Gasteiger partial charge on any atom is 0.164 e. The molecule has 1 aliphatic rings. The van der Waals surface area contributed by atoms with E-state index in [0.29, 0.717) is 11.4 Å². The third-order valence-electron chi connectivity index (χ3n) is 3.14. The van der Waals surface area contributed by atoms with Crippen molar-refractivity contribution in [2.24, 2.45) is 0 Å². The van der Waals surface area contributed by atoms with Gasteiger partial charge in [0.25, 0.3) is 0 Å². The monoisotopic (exact) mass is 283 g/mol. The molecule has 0 bridgehead atoms. The maximum atomic E-state index is 12.0. The second-order valence-corrected chi connectivity index (χ2v) is 6.15. The van der Waals surface area contributed by atoms with Gasteiger partial charge in [0.1, 0.15) is 0 Å². The zero-order valence-electron chi connectivity index (χ0n) is 10.4. The van der Waals surface area contributed by atoms with E-state index in [1.807, 2.05) is 23.9 Å². The summed E-state index contributed by atoms with van der Waals surface area (Å²) in [6.45, 7) is 3.11. The molecule has 0 atom stereocenters. The molecule has 98 valence electrons. The normalized spacial score (nSPS) is 17.4. The molecule has 0 aliphatic carbocycles. The van der Waals surface area contributed by atoms with Gasteiger partial charge in [-0.05, 0) is 43.0 Å². The number of halogens is 1. The van der Waals surface area contributed by atoms with Crippen LogP contribution in [0, 0.1) is 0 Å². The minimum Gasteiger partial charge on any atom is -0.302 e. The molecule has 1 fully saturated rings. The van der Waals surface area contributed by atoms with Crippen molar-refractivity contribution in [3.8, 4) is 0 Å². The number of thioether (sulfide) groups is 1. The summed E-state index contributed by atoms with van der Waals surface area (Å²) in [5.41, 5.74) is 0.767. The standard InChI is InChI=1S/C14H18ClNOS/c15-13-4-2-12(3-5-13)14(17)6-8-16-7-1-10-18-11-9-16/h2-5H,1,6-11H2.